The summed E-state index contributed by atoms with van der Waals surface area (Å²) in [6, 6.07) is 7.65. The molecule has 1 aliphatic heterocycles. The van der Waals surface area contributed by atoms with Crippen molar-refractivity contribution in [3.05, 3.63) is 29.8 Å². The van der Waals surface area contributed by atoms with Crippen LogP contribution in [0.4, 0.5) is 0 Å². The quantitative estimate of drug-likeness (QED) is 0.724. The molecule has 7 heteroatoms. The summed E-state index contributed by atoms with van der Waals surface area (Å²) in [5.74, 6) is 0.586. The number of amides is 1. The molecule has 0 radical (unpaired) electrons. The zero-order valence-corrected chi connectivity index (χ0v) is 15.0. The van der Waals surface area contributed by atoms with E-state index in [1.165, 1.54) is 4.90 Å². The highest BCUT2D eigenvalue weighted by atomic mass is 16.5. The molecule has 0 saturated carbocycles. The number of nitrogens with zero attached hydrogens (tertiary/aromatic N) is 2. The molecule has 1 aromatic rings. The largest absolute Gasteiger partial charge is 0.491 e. The number of aliphatic hydroxyl groups is 2. The summed E-state index contributed by atoms with van der Waals surface area (Å²) in [5, 5.41) is 19.7. The second kappa shape index (κ2) is 9.15. The molecule has 1 aliphatic rings. The fourth-order valence-electron chi connectivity index (χ4n) is 2.83. The van der Waals surface area contributed by atoms with Gasteiger partial charge in [0.25, 0.3) is 0 Å². The van der Waals surface area contributed by atoms with Crippen LogP contribution in [-0.4, -0.2) is 85.1 Å². The normalized spacial score (nSPS) is 21.6. The molecular weight excluding hydrogens is 324 g/mol. The van der Waals surface area contributed by atoms with Crippen molar-refractivity contribution in [1.29, 1.82) is 0 Å². The van der Waals surface area contributed by atoms with Gasteiger partial charge in [0.1, 0.15) is 18.0 Å². The lowest BCUT2D eigenvalue weighted by atomic mass is 9.99. The van der Waals surface area contributed by atoms with E-state index in [9.17, 15) is 9.90 Å². The van der Waals surface area contributed by atoms with E-state index in [1.54, 1.807) is 14.1 Å². The summed E-state index contributed by atoms with van der Waals surface area (Å²) >= 11 is 0. The number of β-amino-alcohol motifs (C(OH)–C–C–N with tert-alkyl or cyclic N) is 1. The van der Waals surface area contributed by atoms with Crippen molar-refractivity contribution in [1.82, 2.24) is 9.80 Å². The maximum Gasteiger partial charge on any atom is 0.225 e. The Morgan fingerprint density at radius 2 is 2.24 bits per heavy atom. The van der Waals surface area contributed by atoms with Crippen molar-refractivity contribution in [3.63, 3.8) is 0 Å². The van der Waals surface area contributed by atoms with E-state index in [2.05, 4.69) is 4.90 Å². The Balaban J connectivity index is 2.02. The summed E-state index contributed by atoms with van der Waals surface area (Å²) in [7, 11) is 3.36. The molecule has 0 unspecified atom stereocenters. The van der Waals surface area contributed by atoms with Crippen molar-refractivity contribution in [2.45, 2.75) is 18.6 Å². The zero-order valence-electron chi connectivity index (χ0n) is 15.0. The molecule has 0 spiro atoms. The summed E-state index contributed by atoms with van der Waals surface area (Å²) in [6.07, 6.45) is 0.0378. The third-order valence-corrected chi connectivity index (χ3v) is 4.08. The average molecular weight is 352 g/mol. The van der Waals surface area contributed by atoms with E-state index in [-0.39, 0.29) is 32.1 Å². The lowest BCUT2D eigenvalue weighted by Gasteiger charge is -2.31. The summed E-state index contributed by atoms with van der Waals surface area (Å²) in [6.45, 7) is 2.57. The molecule has 1 fully saturated rings. The first-order valence-corrected chi connectivity index (χ1v) is 8.47. The van der Waals surface area contributed by atoms with Crippen molar-refractivity contribution in [2.24, 2.45) is 0 Å². The Morgan fingerprint density at radius 1 is 1.44 bits per heavy atom. The Labute approximate surface area is 148 Å². The molecule has 1 amide bonds. The minimum absolute atomic E-state index is 0.0272. The highest BCUT2D eigenvalue weighted by molar-refractivity contribution is 5.76. The van der Waals surface area contributed by atoms with E-state index >= 15 is 0 Å². The van der Waals surface area contributed by atoms with Crippen LogP contribution < -0.4 is 4.74 Å². The van der Waals surface area contributed by atoms with Gasteiger partial charge in [-0.1, -0.05) is 12.1 Å². The number of benzene rings is 1. The van der Waals surface area contributed by atoms with Crippen LogP contribution in [0.2, 0.25) is 0 Å². The maximum absolute atomic E-state index is 12.0. The first-order valence-electron chi connectivity index (χ1n) is 8.47. The Bertz CT molecular complexity index is 566. The molecule has 1 atom stereocenters. The molecule has 0 aromatic heterocycles. The van der Waals surface area contributed by atoms with Gasteiger partial charge in [-0.2, -0.15) is 0 Å². The Kier molecular flexibility index (Phi) is 7.19. The lowest BCUT2D eigenvalue weighted by molar-refractivity contribution is -0.136. The SMILES string of the molecule is CN(C)C(=O)C[C@@]1(O)COCCN(Cc2cccc(OCCO)c2)C1. The predicted octanol–water partition coefficient (Wildman–Crippen LogP) is 0.0993. The third kappa shape index (κ3) is 6.28. The Morgan fingerprint density at radius 3 is 2.96 bits per heavy atom. The zero-order chi connectivity index (χ0) is 18.3. The predicted molar refractivity (Wildman–Crippen MR) is 93.4 cm³/mol. The summed E-state index contributed by atoms with van der Waals surface area (Å²) < 4.78 is 11.0. The van der Waals surface area contributed by atoms with Gasteiger partial charge in [-0.3, -0.25) is 9.69 Å². The maximum atomic E-state index is 12.0. The molecule has 25 heavy (non-hydrogen) atoms. The van der Waals surface area contributed by atoms with Crippen LogP contribution in [0.15, 0.2) is 24.3 Å². The van der Waals surface area contributed by atoms with Gasteiger partial charge in [0.2, 0.25) is 5.91 Å². The van der Waals surface area contributed by atoms with Gasteiger partial charge in [0.15, 0.2) is 0 Å². The van der Waals surface area contributed by atoms with Gasteiger partial charge in [0.05, 0.1) is 26.2 Å². The highest BCUT2D eigenvalue weighted by Gasteiger charge is 2.35. The highest BCUT2D eigenvalue weighted by Crippen LogP contribution is 2.21. The number of hydrogen-bond donors (Lipinski definition) is 2. The van der Waals surface area contributed by atoms with Crippen LogP contribution in [0.5, 0.6) is 5.75 Å². The van der Waals surface area contributed by atoms with Crippen LogP contribution in [0, 0.1) is 0 Å². The second-order valence-corrected chi connectivity index (χ2v) is 6.67. The number of hydrogen-bond acceptors (Lipinski definition) is 6. The van der Waals surface area contributed by atoms with E-state index in [0.29, 0.717) is 32.0 Å². The van der Waals surface area contributed by atoms with E-state index in [4.69, 9.17) is 14.6 Å². The first-order chi connectivity index (χ1) is 11.9. The average Bonchev–Trinajstić information content (AvgIpc) is 2.74. The van der Waals surface area contributed by atoms with Crippen LogP contribution in [0.1, 0.15) is 12.0 Å². The summed E-state index contributed by atoms with van der Waals surface area (Å²) in [4.78, 5) is 15.6. The van der Waals surface area contributed by atoms with E-state index in [1.807, 2.05) is 24.3 Å². The molecule has 2 N–H and O–H groups in total. The van der Waals surface area contributed by atoms with Crippen molar-refractivity contribution >= 4 is 5.91 Å². The topological polar surface area (TPSA) is 82.5 Å². The number of carbonyl (C=O) groups excluding carboxylic acids is 1. The van der Waals surface area contributed by atoms with Crippen molar-refractivity contribution < 1.29 is 24.5 Å². The number of ether oxygens (including phenoxy) is 2. The molecule has 1 aromatic carbocycles. The lowest BCUT2D eigenvalue weighted by Crippen LogP contribution is -2.47. The van der Waals surface area contributed by atoms with Crippen LogP contribution >= 0.6 is 0 Å². The van der Waals surface area contributed by atoms with Gasteiger partial charge >= 0.3 is 0 Å². The van der Waals surface area contributed by atoms with E-state index in [0.717, 1.165) is 5.56 Å². The Hall–Kier alpha value is -1.67. The van der Waals surface area contributed by atoms with Crippen LogP contribution in [-0.2, 0) is 16.1 Å². The monoisotopic (exact) mass is 352 g/mol. The fourth-order valence-corrected chi connectivity index (χ4v) is 2.83. The molecule has 1 saturated heterocycles. The second-order valence-electron chi connectivity index (χ2n) is 6.67. The molecule has 0 aliphatic carbocycles. The van der Waals surface area contributed by atoms with Crippen molar-refractivity contribution in [2.75, 3.05) is 53.6 Å². The molecule has 140 valence electrons. The fraction of sp³-hybridized carbons (Fsp3) is 0.611. The molecule has 1 heterocycles. The number of rotatable bonds is 7. The van der Waals surface area contributed by atoms with Crippen LogP contribution in [0.25, 0.3) is 0 Å². The smallest absolute Gasteiger partial charge is 0.225 e. The standard InChI is InChI=1S/C18H28N2O5/c1-19(2)17(22)11-18(23)13-20(6-8-24-14-18)12-15-4-3-5-16(10-15)25-9-7-21/h3-5,10,21,23H,6-9,11-14H2,1-2H3/t18-/m0/s1. The van der Waals surface area contributed by atoms with Crippen LogP contribution in [0.3, 0.4) is 0 Å². The van der Waals surface area contributed by atoms with Gasteiger partial charge < -0.3 is 24.6 Å². The third-order valence-electron chi connectivity index (χ3n) is 4.08. The van der Waals surface area contributed by atoms with Gasteiger partial charge in [0, 0.05) is 33.7 Å². The minimum atomic E-state index is -1.19. The molecule has 0 bridgehead atoms. The van der Waals surface area contributed by atoms with E-state index < -0.39 is 5.60 Å². The summed E-state index contributed by atoms with van der Waals surface area (Å²) in [5.41, 5.74) is -0.151. The molecule has 2 rings (SSSR count). The molecular formula is C18H28N2O5. The first kappa shape index (κ1) is 19.7. The van der Waals surface area contributed by atoms with Gasteiger partial charge in [-0.15, -0.1) is 0 Å². The van der Waals surface area contributed by atoms with Crippen molar-refractivity contribution in [3.8, 4) is 5.75 Å². The number of aliphatic hydroxyl groups excluding tert-OH is 1. The minimum Gasteiger partial charge on any atom is -0.491 e. The van der Waals surface area contributed by atoms with Gasteiger partial charge in [-0.05, 0) is 17.7 Å². The number of carbonyl (C=O) groups is 1. The van der Waals surface area contributed by atoms with Gasteiger partial charge in [-0.25, -0.2) is 0 Å². The molecule has 7 nitrogen and oxygen atoms in total.